The van der Waals surface area contributed by atoms with Crippen molar-refractivity contribution < 1.29 is 4.79 Å². The summed E-state index contributed by atoms with van der Waals surface area (Å²) in [6, 6.07) is 5.76. The lowest BCUT2D eigenvalue weighted by molar-refractivity contribution is 0.0946. The molecule has 1 aliphatic heterocycles. The molecule has 0 saturated carbocycles. The van der Waals surface area contributed by atoms with Crippen LogP contribution < -0.4 is 10.2 Å². The standard InChI is InChI=1S/C19H27N5O/c1-14(13-24-16(3)11-15(2)22-24)12-21-19(25)17-7-6-8-20-18(17)23-9-4-5-10-23/h6-8,11,14H,4-5,9-10,12-13H2,1-3H3,(H,21,25). The molecule has 0 bridgehead atoms. The molecule has 0 spiro atoms. The number of aromatic nitrogens is 3. The summed E-state index contributed by atoms with van der Waals surface area (Å²) in [5, 5.41) is 7.55. The number of hydrogen-bond acceptors (Lipinski definition) is 4. The lowest BCUT2D eigenvalue weighted by Gasteiger charge is -2.20. The van der Waals surface area contributed by atoms with Crippen molar-refractivity contribution in [2.24, 2.45) is 5.92 Å². The Labute approximate surface area is 149 Å². The molecule has 1 fully saturated rings. The average Bonchev–Trinajstić information content (AvgIpc) is 3.23. The van der Waals surface area contributed by atoms with Crippen LogP contribution in [0.2, 0.25) is 0 Å². The molecular weight excluding hydrogens is 314 g/mol. The van der Waals surface area contributed by atoms with E-state index in [1.54, 1.807) is 6.20 Å². The summed E-state index contributed by atoms with van der Waals surface area (Å²) in [5.74, 6) is 1.06. The van der Waals surface area contributed by atoms with Crippen LogP contribution in [-0.2, 0) is 6.54 Å². The van der Waals surface area contributed by atoms with Gasteiger partial charge in [0.15, 0.2) is 0 Å². The lowest BCUT2D eigenvalue weighted by Crippen LogP contribution is -2.32. The number of pyridine rings is 1. The first-order chi connectivity index (χ1) is 12.0. The Morgan fingerprint density at radius 2 is 2.08 bits per heavy atom. The molecular formula is C19H27N5O. The van der Waals surface area contributed by atoms with Gasteiger partial charge in [-0.3, -0.25) is 9.48 Å². The van der Waals surface area contributed by atoms with Gasteiger partial charge in [0.2, 0.25) is 0 Å². The number of anilines is 1. The number of rotatable bonds is 6. The summed E-state index contributed by atoms with van der Waals surface area (Å²) in [7, 11) is 0. The number of nitrogens with one attached hydrogen (secondary N) is 1. The third-order valence-electron chi connectivity index (χ3n) is 4.64. The molecule has 1 saturated heterocycles. The molecule has 0 aliphatic carbocycles. The number of hydrogen-bond donors (Lipinski definition) is 1. The molecule has 2 aromatic heterocycles. The summed E-state index contributed by atoms with van der Waals surface area (Å²) >= 11 is 0. The van der Waals surface area contributed by atoms with Gasteiger partial charge in [-0.25, -0.2) is 4.98 Å². The zero-order chi connectivity index (χ0) is 17.8. The quantitative estimate of drug-likeness (QED) is 0.877. The van der Waals surface area contributed by atoms with Gasteiger partial charge in [0.1, 0.15) is 5.82 Å². The number of carbonyl (C=O) groups is 1. The number of amides is 1. The fraction of sp³-hybridized carbons (Fsp3) is 0.526. The lowest BCUT2D eigenvalue weighted by atomic mass is 10.1. The van der Waals surface area contributed by atoms with Crippen LogP contribution in [0.3, 0.4) is 0 Å². The predicted octanol–water partition coefficient (Wildman–Crippen LogP) is 2.56. The van der Waals surface area contributed by atoms with Crippen molar-refractivity contribution in [2.75, 3.05) is 24.5 Å². The molecule has 1 unspecified atom stereocenters. The van der Waals surface area contributed by atoms with Gasteiger partial charge in [-0.2, -0.15) is 5.10 Å². The molecule has 6 heteroatoms. The fourth-order valence-electron chi connectivity index (χ4n) is 3.34. The van der Waals surface area contributed by atoms with E-state index < -0.39 is 0 Å². The van der Waals surface area contributed by atoms with Gasteiger partial charge in [-0.15, -0.1) is 0 Å². The molecule has 1 amide bonds. The van der Waals surface area contributed by atoms with E-state index in [2.05, 4.69) is 40.2 Å². The zero-order valence-electron chi connectivity index (χ0n) is 15.3. The molecule has 134 valence electrons. The second-order valence-corrected chi connectivity index (χ2v) is 6.99. The maximum atomic E-state index is 12.6. The van der Waals surface area contributed by atoms with E-state index in [-0.39, 0.29) is 5.91 Å². The molecule has 1 aliphatic rings. The number of aryl methyl sites for hydroxylation is 2. The first kappa shape index (κ1) is 17.5. The highest BCUT2D eigenvalue weighted by atomic mass is 16.1. The van der Waals surface area contributed by atoms with Crippen LogP contribution in [0.15, 0.2) is 24.4 Å². The van der Waals surface area contributed by atoms with Crippen molar-refractivity contribution in [3.05, 3.63) is 41.3 Å². The summed E-state index contributed by atoms with van der Waals surface area (Å²) in [5.41, 5.74) is 2.85. The van der Waals surface area contributed by atoms with Gasteiger partial charge < -0.3 is 10.2 Å². The van der Waals surface area contributed by atoms with Crippen LogP contribution in [0, 0.1) is 19.8 Å². The van der Waals surface area contributed by atoms with Gasteiger partial charge in [0.25, 0.3) is 5.91 Å². The third-order valence-corrected chi connectivity index (χ3v) is 4.64. The summed E-state index contributed by atoms with van der Waals surface area (Å²) < 4.78 is 2.01. The minimum absolute atomic E-state index is 0.0461. The minimum Gasteiger partial charge on any atom is -0.356 e. The Morgan fingerprint density at radius 3 is 2.76 bits per heavy atom. The minimum atomic E-state index is -0.0461. The molecule has 25 heavy (non-hydrogen) atoms. The predicted molar refractivity (Wildman–Crippen MR) is 98.9 cm³/mol. The van der Waals surface area contributed by atoms with Crippen LogP contribution in [0.5, 0.6) is 0 Å². The molecule has 1 N–H and O–H groups in total. The Balaban J connectivity index is 1.60. The van der Waals surface area contributed by atoms with Crippen LogP contribution in [0.1, 0.15) is 41.5 Å². The normalized spacial score (nSPS) is 15.4. The van der Waals surface area contributed by atoms with E-state index in [9.17, 15) is 4.79 Å². The molecule has 0 radical (unpaired) electrons. The highest BCUT2D eigenvalue weighted by Gasteiger charge is 2.20. The van der Waals surface area contributed by atoms with E-state index >= 15 is 0 Å². The summed E-state index contributed by atoms with van der Waals surface area (Å²) in [4.78, 5) is 19.3. The first-order valence-electron chi connectivity index (χ1n) is 9.04. The first-order valence-corrected chi connectivity index (χ1v) is 9.04. The second-order valence-electron chi connectivity index (χ2n) is 6.99. The fourth-order valence-corrected chi connectivity index (χ4v) is 3.34. The van der Waals surface area contributed by atoms with Crippen molar-refractivity contribution in [3.63, 3.8) is 0 Å². The molecule has 6 nitrogen and oxygen atoms in total. The SMILES string of the molecule is Cc1cc(C)n(CC(C)CNC(=O)c2cccnc2N2CCCC2)n1. The monoisotopic (exact) mass is 341 g/mol. The summed E-state index contributed by atoms with van der Waals surface area (Å²) in [6.07, 6.45) is 4.09. The Hall–Kier alpha value is -2.37. The van der Waals surface area contributed by atoms with Crippen molar-refractivity contribution in [2.45, 2.75) is 40.2 Å². The Bertz CT molecular complexity index is 733. The maximum Gasteiger partial charge on any atom is 0.255 e. The van der Waals surface area contributed by atoms with Crippen molar-refractivity contribution in [1.82, 2.24) is 20.1 Å². The van der Waals surface area contributed by atoms with Crippen LogP contribution in [0.25, 0.3) is 0 Å². The second kappa shape index (κ2) is 7.68. The largest absolute Gasteiger partial charge is 0.356 e. The molecule has 0 aromatic carbocycles. The smallest absolute Gasteiger partial charge is 0.255 e. The van der Waals surface area contributed by atoms with Gasteiger partial charge in [0.05, 0.1) is 11.3 Å². The molecule has 3 heterocycles. The van der Waals surface area contributed by atoms with Gasteiger partial charge in [-0.1, -0.05) is 6.92 Å². The highest BCUT2D eigenvalue weighted by molar-refractivity contribution is 5.98. The van der Waals surface area contributed by atoms with Crippen LogP contribution in [0.4, 0.5) is 5.82 Å². The molecule has 3 rings (SSSR count). The van der Waals surface area contributed by atoms with E-state index in [0.717, 1.165) is 49.7 Å². The van der Waals surface area contributed by atoms with Crippen molar-refractivity contribution in [1.29, 1.82) is 0 Å². The average molecular weight is 341 g/mol. The van der Waals surface area contributed by atoms with E-state index in [0.29, 0.717) is 18.0 Å². The Kier molecular flexibility index (Phi) is 5.36. The van der Waals surface area contributed by atoms with E-state index in [4.69, 9.17) is 0 Å². The summed E-state index contributed by atoms with van der Waals surface area (Å²) in [6.45, 7) is 9.55. The van der Waals surface area contributed by atoms with Gasteiger partial charge >= 0.3 is 0 Å². The van der Waals surface area contributed by atoms with E-state index in [1.165, 1.54) is 0 Å². The third kappa shape index (κ3) is 4.18. The Morgan fingerprint density at radius 1 is 1.32 bits per heavy atom. The van der Waals surface area contributed by atoms with Gasteiger partial charge in [0, 0.05) is 38.1 Å². The van der Waals surface area contributed by atoms with Crippen LogP contribution in [-0.4, -0.2) is 40.3 Å². The molecule has 2 aromatic rings. The zero-order valence-corrected chi connectivity index (χ0v) is 15.3. The van der Waals surface area contributed by atoms with E-state index in [1.807, 2.05) is 23.7 Å². The number of nitrogens with zero attached hydrogens (tertiary/aromatic N) is 4. The topological polar surface area (TPSA) is 63.1 Å². The van der Waals surface area contributed by atoms with Crippen LogP contribution >= 0.6 is 0 Å². The molecule has 1 atom stereocenters. The highest BCUT2D eigenvalue weighted by Crippen LogP contribution is 2.21. The van der Waals surface area contributed by atoms with Crippen molar-refractivity contribution in [3.8, 4) is 0 Å². The van der Waals surface area contributed by atoms with Gasteiger partial charge in [-0.05, 0) is 50.8 Å². The van der Waals surface area contributed by atoms with Crippen molar-refractivity contribution >= 4 is 11.7 Å². The number of carbonyl (C=O) groups excluding carboxylic acids is 1. The maximum absolute atomic E-state index is 12.6.